The van der Waals surface area contributed by atoms with Crippen LogP contribution in [0.15, 0.2) is 18.3 Å². The van der Waals surface area contributed by atoms with E-state index >= 15 is 0 Å². The van der Waals surface area contributed by atoms with Crippen molar-refractivity contribution in [1.29, 1.82) is 0 Å². The Labute approximate surface area is 123 Å². The van der Waals surface area contributed by atoms with Crippen molar-refractivity contribution in [3.05, 3.63) is 23.9 Å². The van der Waals surface area contributed by atoms with Crippen LogP contribution >= 0.6 is 11.8 Å². The van der Waals surface area contributed by atoms with Crippen LogP contribution in [0.25, 0.3) is 0 Å². The van der Waals surface area contributed by atoms with Crippen molar-refractivity contribution >= 4 is 33.2 Å². The van der Waals surface area contributed by atoms with Gasteiger partial charge in [-0.2, -0.15) is 11.8 Å². The lowest BCUT2D eigenvalue weighted by Crippen LogP contribution is -2.48. The Balaban J connectivity index is 2.38. The van der Waals surface area contributed by atoms with Gasteiger partial charge in [-0.25, -0.2) is 13.4 Å². The van der Waals surface area contributed by atoms with Crippen molar-refractivity contribution in [2.45, 2.75) is 19.2 Å². The van der Waals surface area contributed by atoms with E-state index in [-0.39, 0.29) is 11.5 Å². The van der Waals surface area contributed by atoms with E-state index in [1.807, 2.05) is 4.90 Å². The zero-order valence-corrected chi connectivity index (χ0v) is 13.2. The molecule has 2 heterocycles. The van der Waals surface area contributed by atoms with Gasteiger partial charge in [0.1, 0.15) is 11.2 Å². The lowest BCUT2D eigenvalue weighted by atomic mass is 10.2. The number of hydrogen-bond acceptors (Lipinski definition) is 6. The van der Waals surface area contributed by atoms with Gasteiger partial charge in [0.2, 0.25) is 0 Å². The highest BCUT2D eigenvalue weighted by Gasteiger charge is 2.33. The van der Waals surface area contributed by atoms with Crippen LogP contribution in [0.3, 0.4) is 0 Å². The van der Waals surface area contributed by atoms with E-state index in [9.17, 15) is 13.2 Å². The summed E-state index contributed by atoms with van der Waals surface area (Å²) in [6.07, 6.45) is 1.56. The van der Waals surface area contributed by atoms with Crippen molar-refractivity contribution in [3.63, 3.8) is 0 Å². The van der Waals surface area contributed by atoms with E-state index in [0.29, 0.717) is 23.7 Å². The fraction of sp³-hybridized carbons (Fsp3) is 0.538. The van der Waals surface area contributed by atoms with E-state index in [0.717, 1.165) is 5.75 Å². The molecule has 0 aliphatic carbocycles. The van der Waals surface area contributed by atoms with E-state index in [2.05, 4.69) is 4.98 Å². The topological polar surface area (TPSA) is 67.3 Å². The molecule has 1 unspecified atom stereocenters. The second-order valence-corrected chi connectivity index (χ2v) is 8.23. The maximum Gasteiger partial charge on any atom is 0.171 e. The molecule has 1 fully saturated rings. The molecule has 7 heteroatoms. The number of hydrogen-bond donors (Lipinski definition) is 0. The van der Waals surface area contributed by atoms with E-state index in [1.165, 1.54) is 6.92 Å². The molecule has 1 aromatic rings. The minimum atomic E-state index is -3.17. The summed E-state index contributed by atoms with van der Waals surface area (Å²) >= 11 is 1.64. The van der Waals surface area contributed by atoms with Crippen molar-refractivity contribution < 1.29 is 13.2 Å². The molecule has 110 valence electrons. The van der Waals surface area contributed by atoms with Gasteiger partial charge < -0.3 is 4.90 Å². The maximum atomic E-state index is 12.2. The summed E-state index contributed by atoms with van der Waals surface area (Å²) in [4.78, 5) is 17.5. The van der Waals surface area contributed by atoms with Crippen LogP contribution in [0, 0.1) is 0 Å². The SMILES string of the molecule is CCS(=O)(=O)C1CSCCN1c1cc(C(C)=O)ccn1. The first-order valence-electron chi connectivity index (χ1n) is 6.48. The number of nitrogens with zero attached hydrogens (tertiary/aromatic N) is 2. The average Bonchev–Trinajstić information content (AvgIpc) is 2.47. The molecule has 0 aromatic carbocycles. The van der Waals surface area contributed by atoms with Crippen LogP contribution in [-0.4, -0.2) is 48.4 Å². The number of aromatic nitrogens is 1. The molecular formula is C13H18N2O3S2. The number of carbonyl (C=O) groups excluding carboxylic acids is 1. The third-order valence-corrected chi connectivity index (χ3v) is 6.64. The monoisotopic (exact) mass is 314 g/mol. The van der Waals surface area contributed by atoms with Crippen molar-refractivity contribution in [2.75, 3.05) is 28.7 Å². The van der Waals surface area contributed by atoms with Gasteiger partial charge in [0.25, 0.3) is 0 Å². The number of thioether (sulfide) groups is 1. The Morgan fingerprint density at radius 2 is 2.30 bits per heavy atom. The molecule has 5 nitrogen and oxygen atoms in total. The molecule has 1 aromatic heterocycles. The van der Waals surface area contributed by atoms with Crippen LogP contribution in [0.4, 0.5) is 5.82 Å². The van der Waals surface area contributed by atoms with Gasteiger partial charge >= 0.3 is 0 Å². The van der Waals surface area contributed by atoms with Crippen molar-refractivity contribution in [1.82, 2.24) is 4.98 Å². The molecule has 0 saturated carbocycles. The third-order valence-electron chi connectivity index (χ3n) is 3.35. The number of sulfone groups is 1. The molecule has 2 rings (SSSR count). The molecule has 0 radical (unpaired) electrons. The minimum Gasteiger partial charge on any atom is -0.338 e. The molecule has 0 spiro atoms. The zero-order valence-electron chi connectivity index (χ0n) is 11.6. The van der Waals surface area contributed by atoms with Crippen molar-refractivity contribution in [3.8, 4) is 0 Å². The van der Waals surface area contributed by atoms with Gasteiger partial charge in [-0.15, -0.1) is 0 Å². The van der Waals surface area contributed by atoms with Gasteiger partial charge in [-0.1, -0.05) is 6.92 Å². The smallest absolute Gasteiger partial charge is 0.171 e. The van der Waals surface area contributed by atoms with Crippen LogP contribution in [-0.2, 0) is 9.84 Å². The molecular weight excluding hydrogens is 296 g/mol. The molecule has 1 aliphatic heterocycles. The van der Waals surface area contributed by atoms with Crippen LogP contribution in [0.5, 0.6) is 0 Å². The van der Waals surface area contributed by atoms with Gasteiger partial charge in [-0.05, 0) is 19.1 Å². The van der Waals surface area contributed by atoms with Crippen molar-refractivity contribution in [2.24, 2.45) is 0 Å². The first-order valence-corrected chi connectivity index (χ1v) is 9.35. The highest BCUT2D eigenvalue weighted by atomic mass is 32.2. The number of ketones is 1. The molecule has 1 saturated heterocycles. The molecule has 0 N–H and O–H groups in total. The predicted octanol–water partition coefficient (Wildman–Crippen LogP) is 1.60. The lowest BCUT2D eigenvalue weighted by molar-refractivity contribution is 0.101. The number of rotatable bonds is 4. The summed E-state index contributed by atoms with van der Waals surface area (Å²) in [5.74, 6) is 2.04. The van der Waals surface area contributed by atoms with Gasteiger partial charge in [0.05, 0.1) is 0 Å². The first kappa shape index (κ1) is 15.3. The molecule has 0 amide bonds. The quantitative estimate of drug-likeness (QED) is 0.786. The Kier molecular flexibility index (Phi) is 4.70. The summed E-state index contributed by atoms with van der Waals surface area (Å²) in [6.45, 7) is 3.78. The van der Waals surface area contributed by atoms with Crippen LogP contribution in [0.2, 0.25) is 0 Å². The van der Waals surface area contributed by atoms with E-state index in [4.69, 9.17) is 0 Å². The Morgan fingerprint density at radius 3 is 2.95 bits per heavy atom. The number of carbonyl (C=O) groups is 1. The summed E-state index contributed by atoms with van der Waals surface area (Å²) < 4.78 is 24.4. The Morgan fingerprint density at radius 1 is 1.55 bits per heavy atom. The maximum absolute atomic E-state index is 12.2. The number of Topliss-reactive ketones (excluding diaryl/α,β-unsaturated/α-hetero) is 1. The Hall–Kier alpha value is -1.08. The summed E-state index contributed by atoms with van der Waals surface area (Å²) in [5.41, 5.74) is 0.556. The number of anilines is 1. The first-order chi connectivity index (χ1) is 9.45. The second-order valence-electron chi connectivity index (χ2n) is 4.63. The fourth-order valence-corrected chi connectivity index (χ4v) is 5.11. The standard InChI is InChI=1S/C13H18N2O3S2/c1-3-20(17,18)13-9-19-7-6-15(13)12-8-11(10(2)16)4-5-14-12/h4-5,8,13H,3,6-7,9H2,1-2H3. The minimum absolute atomic E-state index is 0.0464. The largest absolute Gasteiger partial charge is 0.338 e. The highest BCUT2D eigenvalue weighted by molar-refractivity contribution is 8.01. The lowest BCUT2D eigenvalue weighted by Gasteiger charge is -2.35. The molecule has 1 aliphatic rings. The molecule has 1 atom stereocenters. The van der Waals surface area contributed by atoms with Crippen LogP contribution in [0.1, 0.15) is 24.2 Å². The van der Waals surface area contributed by atoms with E-state index in [1.54, 1.807) is 37.0 Å². The fourth-order valence-electron chi connectivity index (χ4n) is 2.13. The third kappa shape index (κ3) is 3.15. The second kappa shape index (κ2) is 6.13. The zero-order chi connectivity index (χ0) is 14.8. The van der Waals surface area contributed by atoms with E-state index < -0.39 is 15.2 Å². The van der Waals surface area contributed by atoms with Crippen LogP contribution < -0.4 is 4.90 Å². The summed E-state index contributed by atoms with van der Waals surface area (Å²) in [6, 6.07) is 3.32. The predicted molar refractivity (Wildman–Crippen MR) is 82.2 cm³/mol. The van der Waals surface area contributed by atoms with Gasteiger partial charge in [0, 0.05) is 35.6 Å². The Bertz CT molecular complexity index is 601. The highest BCUT2D eigenvalue weighted by Crippen LogP contribution is 2.26. The summed E-state index contributed by atoms with van der Waals surface area (Å²) in [5, 5.41) is -0.555. The molecule has 0 bridgehead atoms. The average molecular weight is 314 g/mol. The normalized spacial score (nSPS) is 19.9. The molecule has 20 heavy (non-hydrogen) atoms. The van der Waals surface area contributed by atoms with Gasteiger partial charge in [-0.3, -0.25) is 4.79 Å². The summed E-state index contributed by atoms with van der Waals surface area (Å²) in [7, 11) is -3.17. The van der Waals surface area contributed by atoms with Gasteiger partial charge in [0.15, 0.2) is 15.6 Å². The number of pyridine rings is 1.